The summed E-state index contributed by atoms with van der Waals surface area (Å²) in [6.07, 6.45) is 0. The molecule has 4 heteroatoms. The Morgan fingerprint density at radius 3 is 2.50 bits per heavy atom. The maximum Gasteiger partial charge on any atom is 0.284 e. The summed E-state index contributed by atoms with van der Waals surface area (Å²) >= 11 is 1.10. The second kappa shape index (κ2) is 4.13. The SMILES string of the molecule is CCSP(=O)(O)c1ccccc1. The van der Waals surface area contributed by atoms with Crippen molar-refractivity contribution in [3.63, 3.8) is 0 Å². The summed E-state index contributed by atoms with van der Waals surface area (Å²) in [7, 11) is 0. The van der Waals surface area contributed by atoms with Gasteiger partial charge in [-0.1, -0.05) is 36.5 Å². The summed E-state index contributed by atoms with van der Waals surface area (Å²) in [6, 6.07) is 8.75. The van der Waals surface area contributed by atoms with E-state index >= 15 is 0 Å². The van der Waals surface area contributed by atoms with E-state index in [4.69, 9.17) is 0 Å². The third-order valence-corrected chi connectivity index (χ3v) is 5.40. The minimum absolute atomic E-state index is 0.525. The van der Waals surface area contributed by atoms with Gasteiger partial charge in [-0.2, -0.15) is 0 Å². The number of rotatable bonds is 3. The van der Waals surface area contributed by atoms with Crippen LogP contribution in [0.25, 0.3) is 0 Å². The van der Waals surface area contributed by atoms with Crippen LogP contribution in [0.3, 0.4) is 0 Å². The van der Waals surface area contributed by atoms with E-state index in [0.717, 1.165) is 11.4 Å². The predicted molar refractivity (Wildman–Crippen MR) is 54.0 cm³/mol. The molecular weight excluding hydrogens is 191 g/mol. The van der Waals surface area contributed by atoms with Crippen molar-refractivity contribution in [1.82, 2.24) is 0 Å². The Morgan fingerprint density at radius 2 is 2.00 bits per heavy atom. The Kier molecular flexibility index (Phi) is 3.39. The molecule has 0 saturated carbocycles. The van der Waals surface area contributed by atoms with E-state index in [1.165, 1.54) is 0 Å². The molecule has 2 nitrogen and oxygen atoms in total. The van der Waals surface area contributed by atoms with Crippen LogP contribution >= 0.6 is 18.0 Å². The highest BCUT2D eigenvalue weighted by Crippen LogP contribution is 2.52. The lowest BCUT2D eigenvalue weighted by Gasteiger charge is -2.08. The molecule has 0 aliphatic heterocycles. The monoisotopic (exact) mass is 202 g/mol. The van der Waals surface area contributed by atoms with Crippen molar-refractivity contribution in [1.29, 1.82) is 0 Å². The quantitative estimate of drug-likeness (QED) is 0.764. The van der Waals surface area contributed by atoms with Crippen molar-refractivity contribution >= 4 is 23.3 Å². The zero-order chi connectivity index (χ0) is 9.03. The highest BCUT2D eigenvalue weighted by atomic mass is 32.7. The highest BCUT2D eigenvalue weighted by molar-refractivity contribution is 8.58. The second-order valence-corrected chi connectivity index (χ2v) is 6.93. The highest BCUT2D eigenvalue weighted by Gasteiger charge is 2.19. The molecule has 1 unspecified atom stereocenters. The number of benzene rings is 1. The molecule has 0 heterocycles. The minimum atomic E-state index is -3.13. The van der Waals surface area contributed by atoms with Crippen molar-refractivity contribution in [3.05, 3.63) is 30.3 Å². The van der Waals surface area contributed by atoms with Crippen molar-refractivity contribution in [2.45, 2.75) is 6.92 Å². The van der Waals surface area contributed by atoms with Gasteiger partial charge in [0.1, 0.15) is 0 Å². The zero-order valence-corrected chi connectivity index (χ0v) is 8.52. The van der Waals surface area contributed by atoms with Crippen LogP contribution in [0.4, 0.5) is 0 Å². The van der Waals surface area contributed by atoms with E-state index < -0.39 is 6.57 Å². The Bertz CT molecular complexity index is 286. The molecule has 0 radical (unpaired) electrons. The molecule has 12 heavy (non-hydrogen) atoms. The molecule has 1 rings (SSSR count). The summed E-state index contributed by atoms with van der Waals surface area (Å²) in [5.74, 6) is 0.655. The predicted octanol–water partition coefficient (Wildman–Crippen LogP) is 2.25. The fourth-order valence-electron chi connectivity index (χ4n) is 0.866. The first-order chi connectivity index (χ1) is 5.67. The number of hydrogen-bond acceptors (Lipinski definition) is 2. The first-order valence-electron chi connectivity index (χ1n) is 3.70. The van der Waals surface area contributed by atoms with E-state index in [2.05, 4.69) is 0 Å². The Morgan fingerprint density at radius 1 is 1.42 bits per heavy atom. The van der Waals surface area contributed by atoms with Gasteiger partial charge in [0, 0.05) is 5.30 Å². The van der Waals surface area contributed by atoms with Gasteiger partial charge in [-0.3, -0.25) is 4.57 Å². The summed E-state index contributed by atoms with van der Waals surface area (Å²) in [4.78, 5) is 9.50. The van der Waals surface area contributed by atoms with Crippen LogP contribution in [0.2, 0.25) is 0 Å². The molecule has 1 N–H and O–H groups in total. The third kappa shape index (κ3) is 2.37. The molecule has 66 valence electrons. The molecule has 0 aliphatic rings. The molecule has 1 aromatic carbocycles. The van der Waals surface area contributed by atoms with Crippen LogP contribution in [0.15, 0.2) is 30.3 Å². The van der Waals surface area contributed by atoms with Gasteiger partial charge < -0.3 is 4.89 Å². The van der Waals surface area contributed by atoms with Gasteiger partial charge in [-0.25, -0.2) is 0 Å². The van der Waals surface area contributed by atoms with E-state index in [0.29, 0.717) is 11.1 Å². The van der Waals surface area contributed by atoms with Gasteiger partial charge in [0.05, 0.1) is 0 Å². The molecule has 0 saturated heterocycles. The summed E-state index contributed by atoms with van der Waals surface area (Å²) < 4.78 is 11.5. The Labute approximate surface area is 76.2 Å². The van der Waals surface area contributed by atoms with E-state index in [1.807, 2.05) is 13.0 Å². The largest absolute Gasteiger partial charge is 0.334 e. The normalized spacial score (nSPS) is 15.5. The maximum atomic E-state index is 11.5. The van der Waals surface area contributed by atoms with Gasteiger partial charge in [0.2, 0.25) is 0 Å². The standard InChI is InChI=1S/C8H11O2PS/c1-2-12-11(9,10)8-6-4-3-5-7-8/h3-7H,2H2,1H3,(H,9,10). The lowest BCUT2D eigenvalue weighted by Crippen LogP contribution is -2.00. The number of hydrogen-bond donors (Lipinski definition) is 1. The summed E-state index contributed by atoms with van der Waals surface area (Å²) in [5, 5.41) is 0.525. The second-order valence-electron chi connectivity index (χ2n) is 2.27. The molecule has 0 amide bonds. The zero-order valence-electron chi connectivity index (χ0n) is 6.80. The van der Waals surface area contributed by atoms with E-state index in [-0.39, 0.29) is 0 Å². The van der Waals surface area contributed by atoms with Gasteiger partial charge in [0.25, 0.3) is 6.57 Å². The molecule has 0 aliphatic carbocycles. The Balaban J connectivity index is 2.90. The Hall–Kier alpha value is -0.240. The van der Waals surface area contributed by atoms with Gasteiger partial charge in [0.15, 0.2) is 0 Å². The van der Waals surface area contributed by atoms with Crippen molar-refractivity contribution < 1.29 is 9.46 Å². The average Bonchev–Trinajstić information content (AvgIpc) is 2.06. The molecule has 0 bridgehead atoms. The van der Waals surface area contributed by atoms with Gasteiger partial charge in [-0.05, 0) is 17.9 Å². The van der Waals surface area contributed by atoms with Crippen LogP contribution in [-0.2, 0) is 4.57 Å². The molecule has 0 fully saturated rings. The lowest BCUT2D eigenvalue weighted by atomic mass is 10.4. The first-order valence-corrected chi connectivity index (χ1v) is 6.95. The molecule has 1 aromatic rings. The van der Waals surface area contributed by atoms with Gasteiger partial charge >= 0.3 is 0 Å². The summed E-state index contributed by atoms with van der Waals surface area (Å²) in [6.45, 7) is -1.26. The van der Waals surface area contributed by atoms with Crippen LogP contribution in [0.5, 0.6) is 0 Å². The smallest absolute Gasteiger partial charge is 0.284 e. The fraction of sp³-hybridized carbons (Fsp3) is 0.250. The van der Waals surface area contributed by atoms with E-state index in [9.17, 15) is 9.46 Å². The van der Waals surface area contributed by atoms with Crippen molar-refractivity contribution in [3.8, 4) is 0 Å². The maximum absolute atomic E-state index is 11.5. The first kappa shape index (κ1) is 9.85. The van der Waals surface area contributed by atoms with Crippen LogP contribution in [0.1, 0.15) is 6.92 Å². The molecule has 0 spiro atoms. The van der Waals surface area contributed by atoms with Gasteiger partial charge in [-0.15, -0.1) is 0 Å². The molecular formula is C8H11O2PS. The van der Waals surface area contributed by atoms with Crippen LogP contribution in [0, 0.1) is 0 Å². The van der Waals surface area contributed by atoms with Crippen molar-refractivity contribution in [2.24, 2.45) is 0 Å². The minimum Gasteiger partial charge on any atom is -0.334 e. The van der Waals surface area contributed by atoms with Crippen LogP contribution < -0.4 is 5.30 Å². The van der Waals surface area contributed by atoms with E-state index in [1.54, 1.807) is 24.3 Å². The average molecular weight is 202 g/mol. The topological polar surface area (TPSA) is 37.3 Å². The fourth-order valence-corrected chi connectivity index (χ4v) is 3.78. The van der Waals surface area contributed by atoms with Crippen LogP contribution in [-0.4, -0.2) is 10.6 Å². The van der Waals surface area contributed by atoms with Crippen molar-refractivity contribution in [2.75, 3.05) is 5.75 Å². The molecule has 1 atom stereocenters. The molecule has 0 aromatic heterocycles. The third-order valence-electron chi connectivity index (χ3n) is 1.39. The lowest BCUT2D eigenvalue weighted by molar-refractivity contribution is 0.508. The summed E-state index contributed by atoms with van der Waals surface area (Å²) in [5.41, 5.74) is 0.